The molecule has 0 spiro atoms. The number of carbonyl (C=O) groups excluding carboxylic acids is 2. The molecule has 2 atom stereocenters. The van der Waals surface area contributed by atoms with Gasteiger partial charge in [0.2, 0.25) is 0 Å². The molecule has 0 aliphatic carbocycles. The fourth-order valence-corrected chi connectivity index (χ4v) is 7.79. The molecule has 0 saturated carbocycles. The molecule has 0 heterocycles. The second-order valence-corrected chi connectivity index (χ2v) is 17.6. The van der Waals surface area contributed by atoms with Crippen molar-refractivity contribution in [3.63, 3.8) is 0 Å². The van der Waals surface area contributed by atoms with Crippen LogP contribution in [0.5, 0.6) is 0 Å². The molecule has 0 aromatic heterocycles. The van der Waals surface area contributed by atoms with E-state index in [1.165, 1.54) is 161 Å². The Kier molecular flexibility index (Phi) is 42.4. The summed E-state index contributed by atoms with van der Waals surface area (Å²) in [6.07, 6.45) is 47.0. The zero-order valence-corrected chi connectivity index (χ0v) is 38.0. The van der Waals surface area contributed by atoms with Gasteiger partial charge in [-0.15, -0.1) is 0 Å². The average molecular weight is 815 g/mol. The van der Waals surface area contributed by atoms with E-state index in [-0.39, 0.29) is 25.6 Å². The van der Waals surface area contributed by atoms with Crippen LogP contribution in [0.3, 0.4) is 0 Å². The molecule has 56 heavy (non-hydrogen) atoms. The van der Waals surface area contributed by atoms with E-state index < -0.39 is 26.5 Å². The highest BCUT2D eigenvalue weighted by atomic mass is 31.2. The SMILES string of the molecule is CCCCCCCCC/C=C\CCCCCCCC(=O)OC(COC(=O)CCCCCCCCCCCCCCCCCCCCCC)COP(=O)(O)OCC. The van der Waals surface area contributed by atoms with Crippen molar-refractivity contribution in [2.75, 3.05) is 19.8 Å². The molecule has 1 N–H and O–H groups in total. The largest absolute Gasteiger partial charge is 0.472 e. The molecular formula is C47H91O8P. The van der Waals surface area contributed by atoms with Gasteiger partial charge in [0.1, 0.15) is 6.61 Å². The minimum absolute atomic E-state index is 0.00222. The van der Waals surface area contributed by atoms with Crippen molar-refractivity contribution in [3.8, 4) is 0 Å². The maximum absolute atomic E-state index is 12.6. The first-order valence-electron chi connectivity index (χ1n) is 24.0. The molecule has 332 valence electrons. The van der Waals surface area contributed by atoms with Gasteiger partial charge < -0.3 is 14.4 Å². The third kappa shape index (κ3) is 42.4. The lowest BCUT2D eigenvalue weighted by molar-refractivity contribution is -0.161. The normalized spacial score (nSPS) is 13.3. The van der Waals surface area contributed by atoms with Crippen molar-refractivity contribution < 1.29 is 37.6 Å². The number of allylic oxidation sites excluding steroid dienone is 2. The third-order valence-corrected chi connectivity index (χ3v) is 11.6. The van der Waals surface area contributed by atoms with E-state index in [1.807, 2.05) is 0 Å². The summed E-state index contributed by atoms with van der Waals surface area (Å²) < 4.78 is 32.7. The van der Waals surface area contributed by atoms with Crippen LogP contribution >= 0.6 is 7.82 Å². The molecule has 0 aliphatic rings. The standard InChI is InChI=1S/C47H91O8P/c1-4-7-9-11-13-15-17-19-21-23-24-25-26-28-29-31-33-35-37-39-41-46(48)52-43-45(44-54-56(50,51)53-6-3)55-47(49)42-40-38-36-34-32-30-27-22-20-18-16-14-12-10-8-5-2/h22,27,45H,4-21,23-26,28-44H2,1-3H3,(H,50,51)/b27-22-. The maximum Gasteiger partial charge on any atom is 0.472 e. The highest BCUT2D eigenvalue weighted by Crippen LogP contribution is 2.43. The van der Waals surface area contributed by atoms with Crippen molar-refractivity contribution in [3.05, 3.63) is 12.2 Å². The number of hydrogen-bond acceptors (Lipinski definition) is 7. The zero-order valence-electron chi connectivity index (χ0n) is 37.1. The van der Waals surface area contributed by atoms with E-state index in [0.717, 1.165) is 51.4 Å². The van der Waals surface area contributed by atoms with Crippen molar-refractivity contribution in [2.24, 2.45) is 0 Å². The molecule has 8 nitrogen and oxygen atoms in total. The minimum atomic E-state index is -4.28. The Hall–Kier alpha value is -1.21. The molecule has 0 aromatic rings. The van der Waals surface area contributed by atoms with Crippen molar-refractivity contribution in [1.29, 1.82) is 0 Å². The Bertz CT molecular complexity index is 926. The molecule has 0 fully saturated rings. The molecule has 0 radical (unpaired) electrons. The van der Waals surface area contributed by atoms with Crippen molar-refractivity contribution in [1.82, 2.24) is 0 Å². The van der Waals surface area contributed by atoms with Gasteiger partial charge in [-0.2, -0.15) is 0 Å². The molecule has 0 saturated heterocycles. The van der Waals surface area contributed by atoms with E-state index in [4.69, 9.17) is 18.5 Å². The van der Waals surface area contributed by atoms with Gasteiger partial charge in [-0.3, -0.25) is 18.6 Å². The number of esters is 2. The van der Waals surface area contributed by atoms with Crippen LogP contribution < -0.4 is 0 Å². The highest BCUT2D eigenvalue weighted by molar-refractivity contribution is 7.47. The fraction of sp³-hybridized carbons (Fsp3) is 0.915. The van der Waals surface area contributed by atoms with Crippen LogP contribution in [-0.2, 0) is 32.7 Å². The van der Waals surface area contributed by atoms with Gasteiger partial charge in [-0.05, 0) is 45.4 Å². The summed E-state index contributed by atoms with van der Waals surface area (Å²) in [4.78, 5) is 34.8. The van der Waals surface area contributed by atoms with Gasteiger partial charge in [0, 0.05) is 12.8 Å². The van der Waals surface area contributed by atoms with E-state index in [2.05, 4.69) is 26.0 Å². The Morgan fingerprint density at radius 2 is 0.804 bits per heavy atom. The lowest BCUT2D eigenvalue weighted by Gasteiger charge is -2.19. The van der Waals surface area contributed by atoms with Gasteiger partial charge in [0.05, 0.1) is 13.2 Å². The lowest BCUT2D eigenvalue weighted by Crippen LogP contribution is -2.29. The number of hydrogen-bond donors (Lipinski definition) is 1. The first kappa shape index (κ1) is 54.8. The first-order valence-corrected chi connectivity index (χ1v) is 25.5. The topological polar surface area (TPSA) is 108 Å². The molecule has 0 bridgehead atoms. The van der Waals surface area contributed by atoms with Gasteiger partial charge in [0.25, 0.3) is 0 Å². The number of rotatable bonds is 45. The number of ether oxygens (including phenoxy) is 2. The summed E-state index contributed by atoms with van der Waals surface area (Å²) in [5, 5.41) is 0. The fourth-order valence-electron chi connectivity index (χ4n) is 7.04. The van der Waals surface area contributed by atoms with Gasteiger partial charge >= 0.3 is 19.8 Å². The summed E-state index contributed by atoms with van der Waals surface area (Å²) in [7, 11) is -4.28. The molecule has 0 aliphatic heterocycles. The van der Waals surface area contributed by atoms with Crippen LogP contribution in [0.15, 0.2) is 12.2 Å². The maximum atomic E-state index is 12.6. The summed E-state index contributed by atoms with van der Waals surface area (Å²) >= 11 is 0. The Labute approximate surface area is 346 Å². The molecule has 0 aromatic carbocycles. The van der Waals surface area contributed by atoms with E-state index in [1.54, 1.807) is 6.92 Å². The summed E-state index contributed by atoms with van der Waals surface area (Å²) in [5.74, 6) is -0.792. The van der Waals surface area contributed by atoms with Crippen LogP contribution in [0.2, 0.25) is 0 Å². The zero-order chi connectivity index (χ0) is 41.1. The average Bonchev–Trinajstić information content (AvgIpc) is 3.18. The molecule has 2 unspecified atom stereocenters. The van der Waals surface area contributed by atoms with Crippen LogP contribution in [0, 0.1) is 0 Å². The predicted octanol–water partition coefficient (Wildman–Crippen LogP) is 15.2. The number of phosphoric ester groups is 1. The van der Waals surface area contributed by atoms with Gasteiger partial charge in [0.15, 0.2) is 6.10 Å². The van der Waals surface area contributed by atoms with E-state index in [0.29, 0.717) is 12.8 Å². The molecule has 0 rings (SSSR count). The van der Waals surface area contributed by atoms with Gasteiger partial charge in [-0.25, -0.2) is 4.57 Å². The van der Waals surface area contributed by atoms with Crippen LogP contribution in [0.4, 0.5) is 0 Å². The second kappa shape index (κ2) is 43.4. The smallest absolute Gasteiger partial charge is 0.462 e. The number of carbonyl (C=O) groups is 2. The lowest BCUT2D eigenvalue weighted by atomic mass is 10.0. The van der Waals surface area contributed by atoms with Crippen molar-refractivity contribution >= 4 is 19.8 Å². The number of phosphoric acid groups is 1. The Morgan fingerprint density at radius 3 is 1.18 bits per heavy atom. The molecule has 0 amide bonds. The summed E-state index contributed by atoms with van der Waals surface area (Å²) in [6.45, 7) is 5.51. The Balaban J connectivity index is 3.98. The van der Waals surface area contributed by atoms with Crippen LogP contribution in [0.25, 0.3) is 0 Å². The van der Waals surface area contributed by atoms with E-state index in [9.17, 15) is 19.0 Å². The summed E-state index contributed by atoms with van der Waals surface area (Å²) in [6, 6.07) is 0. The van der Waals surface area contributed by atoms with Gasteiger partial charge in [-0.1, -0.05) is 206 Å². The second-order valence-electron chi connectivity index (χ2n) is 16.1. The first-order chi connectivity index (χ1) is 27.3. The predicted molar refractivity (Wildman–Crippen MR) is 235 cm³/mol. The third-order valence-electron chi connectivity index (χ3n) is 10.6. The quantitative estimate of drug-likeness (QED) is 0.0280. The minimum Gasteiger partial charge on any atom is -0.462 e. The summed E-state index contributed by atoms with van der Waals surface area (Å²) in [5.41, 5.74) is 0. The van der Waals surface area contributed by atoms with Crippen LogP contribution in [0.1, 0.15) is 252 Å². The Morgan fingerprint density at radius 1 is 0.464 bits per heavy atom. The molecular weight excluding hydrogens is 723 g/mol. The van der Waals surface area contributed by atoms with Crippen LogP contribution in [-0.4, -0.2) is 42.8 Å². The monoisotopic (exact) mass is 815 g/mol. The number of unbranched alkanes of at least 4 members (excludes halogenated alkanes) is 31. The van der Waals surface area contributed by atoms with Crippen molar-refractivity contribution in [2.45, 2.75) is 258 Å². The molecule has 9 heteroatoms. The van der Waals surface area contributed by atoms with E-state index >= 15 is 0 Å². The highest BCUT2D eigenvalue weighted by Gasteiger charge is 2.25.